The highest BCUT2D eigenvalue weighted by Crippen LogP contribution is 2.74. The van der Waals surface area contributed by atoms with Gasteiger partial charge in [0.25, 0.3) is 0 Å². The Kier molecular flexibility index (Phi) is 17.5. The second kappa shape index (κ2) is 25.1. The number of ketones is 2. The number of nitrogens with one attached hydrogen (secondary N) is 2. The van der Waals surface area contributed by atoms with Crippen molar-refractivity contribution in [2.24, 2.45) is 57.2 Å². The molecule has 5 fully saturated rings. The molecule has 10 bridgehead atoms. The average molecular weight is 1290 g/mol. The Morgan fingerprint density at radius 3 is 2.50 bits per heavy atom. The van der Waals surface area contributed by atoms with Crippen LogP contribution in [0.1, 0.15) is 163 Å². The van der Waals surface area contributed by atoms with Gasteiger partial charge in [-0.25, -0.2) is 0 Å². The van der Waals surface area contributed by atoms with Crippen molar-refractivity contribution in [1.29, 1.82) is 0 Å². The Bertz CT molecular complexity index is 3910. The van der Waals surface area contributed by atoms with E-state index in [9.17, 15) is 45.3 Å². The van der Waals surface area contributed by atoms with E-state index < -0.39 is 114 Å². The monoisotopic (exact) mass is 1290 g/mol. The van der Waals surface area contributed by atoms with Crippen molar-refractivity contribution in [2.75, 3.05) is 40.3 Å². The van der Waals surface area contributed by atoms with Crippen molar-refractivity contribution in [3.8, 4) is 29.1 Å². The number of aliphatic imine (C=N–C) groups is 1. The van der Waals surface area contributed by atoms with Crippen LogP contribution in [0.25, 0.3) is 12.2 Å². The number of rotatable bonds is 15. The number of benzene rings is 4. The first kappa shape index (κ1) is 65.5. The van der Waals surface area contributed by atoms with Crippen LogP contribution in [-0.2, 0) is 50.5 Å². The third-order valence-corrected chi connectivity index (χ3v) is 21.8. The van der Waals surface area contributed by atoms with E-state index in [4.69, 9.17) is 40.9 Å². The lowest BCUT2D eigenvalue weighted by Crippen LogP contribution is -2.67. The lowest BCUT2D eigenvalue weighted by atomic mass is 9.40. The van der Waals surface area contributed by atoms with Gasteiger partial charge in [-0.05, 0) is 166 Å². The molecule has 3 heterocycles. The number of nitrogens with two attached hydrogens (primary N) is 3. The molecule has 1 spiro atoms. The van der Waals surface area contributed by atoms with Gasteiger partial charge in [-0.1, -0.05) is 66.5 Å². The van der Waals surface area contributed by atoms with Gasteiger partial charge in [0.05, 0.1) is 60.9 Å². The zero-order chi connectivity index (χ0) is 66.5. The van der Waals surface area contributed by atoms with E-state index in [1.807, 2.05) is 32.3 Å². The molecule has 94 heavy (non-hydrogen) atoms. The van der Waals surface area contributed by atoms with Crippen molar-refractivity contribution >= 4 is 41.9 Å². The van der Waals surface area contributed by atoms with Gasteiger partial charge in [0, 0.05) is 71.2 Å². The number of likely N-dealkylation sites (N-methyl/N-ethyl adjacent to an activating group) is 1. The van der Waals surface area contributed by atoms with E-state index in [0.29, 0.717) is 30.6 Å². The standard InChI is InChI=1S/C72H84N6O16/c1-35-65(86)72(88,89)66(90-20-19-78-68(74)75)67(91-35)93-64-47-10-6-9-44(73)13-14-45(82)23-38-8-5-7-37(21-38)11-15-46-52(92-36(2)81)26-43(31-79)54-55(46)63(85)56(47)57(62(54)84)61(83)50(64)24-40-12-16-48-59-49-25-41-17-18-70(34-77-4)33-69(59,29-53(41)94-70)28-42-22-39(30-76-3)27-71(87,58(42)49)60(48)51(40)32-80/h5,7-8,11-12,15-18,21,26,32,35,39,41-42,44-45,49,53,58-59,65-67,76-77,79,82-83,86-89H,10,13-14,19-20,22-25,27-31,33-34,73H2,1-4H3,(H4,74,75,78). The highest BCUT2D eigenvalue weighted by atomic mass is 16.7. The third-order valence-electron chi connectivity index (χ3n) is 21.8. The minimum absolute atomic E-state index is 0.0131. The predicted octanol–water partition coefficient (Wildman–Crippen LogP) is 3.43. The summed E-state index contributed by atoms with van der Waals surface area (Å²) in [5.41, 5.74) is 16.7. The molecular formula is C72H84N6O16. The van der Waals surface area contributed by atoms with Crippen LogP contribution in [-0.4, -0.2) is 160 Å². The van der Waals surface area contributed by atoms with Crippen LogP contribution in [0.3, 0.4) is 0 Å². The Balaban J connectivity index is 1.06. The molecule has 6 aliphatic carbocycles. The number of ether oxygens (including phenoxy) is 5. The van der Waals surface area contributed by atoms with Crippen LogP contribution >= 0.6 is 0 Å². The molecular weight excluding hydrogens is 1200 g/mol. The molecule has 4 aromatic rings. The fraction of sp³-hybridized carbons (Fsp3) is 0.514. The predicted molar refractivity (Wildman–Crippen MR) is 344 cm³/mol. The molecule has 16 atom stereocenters. The van der Waals surface area contributed by atoms with Crippen LogP contribution in [0.4, 0.5) is 0 Å². The first-order valence-corrected chi connectivity index (χ1v) is 32.8. The highest BCUT2D eigenvalue weighted by molar-refractivity contribution is 6.32. The second-order valence-electron chi connectivity index (χ2n) is 27.8. The molecule has 3 aliphatic heterocycles. The maximum atomic E-state index is 16.3. The number of aliphatic hydroxyl groups is 6. The van der Waals surface area contributed by atoms with Crippen molar-refractivity contribution in [1.82, 2.24) is 10.6 Å². The van der Waals surface area contributed by atoms with Gasteiger partial charge in [0.2, 0.25) is 12.1 Å². The molecule has 9 aliphatic rings. The summed E-state index contributed by atoms with van der Waals surface area (Å²) in [5, 5.41) is 92.3. The summed E-state index contributed by atoms with van der Waals surface area (Å²) in [7, 11) is 3.83. The molecule has 0 amide bonds. The van der Waals surface area contributed by atoms with Crippen LogP contribution in [0.15, 0.2) is 59.6 Å². The van der Waals surface area contributed by atoms with Gasteiger partial charge in [-0.2, -0.15) is 0 Å². The quantitative estimate of drug-likeness (QED) is 0.00822. The highest BCUT2D eigenvalue weighted by Gasteiger charge is 2.70. The van der Waals surface area contributed by atoms with Gasteiger partial charge in [-0.15, -0.1) is 0 Å². The molecule has 16 unspecified atom stereocenters. The van der Waals surface area contributed by atoms with Crippen molar-refractivity contribution in [3.05, 3.63) is 133 Å². The van der Waals surface area contributed by atoms with Crippen molar-refractivity contribution in [2.45, 2.75) is 157 Å². The number of nitrogens with zero attached hydrogens (tertiary/aromatic N) is 1. The number of carbonyl (C=O) groups excluding carboxylic acids is 4. The lowest BCUT2D eigenvalue weighted by Gasteiger charge is -2.66. The van der Waals surface area contributed by atoms with E-state index in [2.05, 4.69) is 39.6 Å². The minimum atomic E-state index is -3.14. The van der Waals surface area contributed by atoms with E-state index in [0.717, 1.165) is 56.4 Å². The smallest absolute Gasteiger partial charge is 0.308 e. The number of esters is 1. The van der Waals surface area contributed by atoms with Gasteiger partial charge >= 0.3 is 5.97 Å². The van der Waals surface area contributed by atoms with Gasteiger partial charge < -0.3 is 87.3 Å². The largest absolute Gasteiger partial charge is 0.507 e. The number of aldehydes is 1. The molecule has 22 nitrogen and oxygen atoms in total. The number of fused-ring (bicyclic) bond motifs is 5. The Morgan fingerprint density at radius 2 is 1.76 bits per heavy atom. The molecule has 3 saturated carbocycles. The Morgan fingerprint density at radius 1 is 0.957 bits per heavy atom. The number of aliphatic hydroxyl groups excluding tert-OH is 3. The van der Waals surface area contributed by atoms with Crippen LogP contribution in [0.5, 0.6) is 17.2 Å². The molecule has 498 valence electrons. The second-order valence-corrected chi connectivity index (χ2v) is 27.8. The number of hydrogen-bond acceptors (Lipinski definition) is 20. The number of phenolic OH excluding ortho intramolecular Hbond substituents is 1. The molecule has 13 rings (SSSR count). The SMILES string of the molecule is CNCC1CC2CC34CC5OC(CNC)(C=CC5CC5C3c3ccc(Cc6c(O)c7c8c(c6OC6OC(C)C(O)C(O)(O)C6OCCN=C(N)N)CC#CC(N)CCC(O)Cc6cccc(c6)C=Cc6c(OC(C)=O)cc(CO)c(c6C8=O)C7=O)c(C=O)c3C(O)(C1)C25)C4. The summed E-state index contributed by atoms with van der Waals surface area (Å²) in [5.74, 6) is -1.39. The molecule has 0 radical (unpaired) electrons. The minimum Gasteiger partial charge on any atom is -0.507 e. The molecule has 2 saturated heterocycles. The lowest BCUT2D eigenvalue weighted by molar-refractivity contribution is -0.378. The maximum absolute atomic E-state index is 16.3. The fourth-order valence-corrected chi connectivity index (χ4v) is 18.6. The summed E-state index contributed by atoms with van der Waals surface area (Å²) in [6.45, 7) is 2.29. The van der Waals surface area contributed by atoms with Gasteiger partial charge in [-0.3, -0.25) is 24.2 Å². The van der Waals surface area contributed by atoms with Crippen molar-refractivity contribution in [3.63, 3.8) is 0 Å². The number of hydrogen-bond donors (Lipinski definition) is 12. The van der Waals surface area contributed by atoms with Crippen LogP contribution in [0, 0.1) is 46.8 Å². The summed E-state index contributed by atoms with van der Waals surface area (Å²) < 4.78 is 32.2. The average Bonchev–Trinajstić information content (AvgIpc) is 1.18. The summed E-state index contributed by atoms with van der Waals surface area (Å²) in [6, 6.07) is 11.5. The number of carbonyl (C=O) groups is 4. The molecule has 22 heteroatoms. The maximum Gasteiger partial charge on any atom is 0.308 e. The topological polar surface area (TPSA) is 371 Å². The van der Waals surface area contributed by atoms with Crippen LogP contribution in [0.2, 0.25) is 0 Å². The zero-order valence-corrected chi connectivity index (χ0v) is 53.2. The first-order valence-electron chi connectivity index (χ1n) is 32.8. The normalized spacial score (nSPS) is 33.0. The molecule has 4 aromatic carbocycles. The number of phenols is 1. The Hall–Kier alpha value is -7.21. The van der Waals surface area contributed by atoms with Crippen LogP contribution < -0.4 is 37.3 Å². The molecule has 15 N–H and O–H groups in total. The fourth-order valence-electron chi connectivity index (χ4n) is 18.6. The van der Waals surface area contributed by atoms with Crippen molar-refractivity contribution < 1.29 is 78.6 Å². The summed E-state index contributed by atoms with van der Waals surface area (Å²) in [6.07, 6.45) is 4.40. The number of aromatic hydroxyl groups is 1. The first-order chi connectivity index (χ1) is 45.0. The third kappa shape index (κ3) is 11.1. The van der Waals surface area contributed by atoms with E-state index >= 15 is 9.59 Å². The van der Waals surface area contributed by atoms with E-state index in [1.165, 1.54) is 19.1 Å². The molecule has 0 aromatic heterocycles. The summed E-state index contributed by atoms with van der Waals surface area (Å²) in [4.78, 5) is 64.1. The van der Waals surface area contributed by atoms with E-state index in [1.54, 1.807) is 24.3 Å². The summed E-state index contributed by atoms with van der Waals surface area (Å²) >= 11 is 0. The van der Waals surface area contributed by atoms with Gasteiger partial charge in [0.15, 0.2) is 29.9 Å². The van der Waals surface area contributed by atoms with E-state index in [-0.39, 0.29) is 135 Å². The zero-order valence-electron chi connectivity index (χ0n) is 53.2. The Labute approximate surface area is 544 Å². The van der Waals surface area contributed by atoms with Gasteiger partial charge in [0.1, 0.15) is 23.4 Å². The number of guanidine groups is 1.